The Morgan fingerprint density at radius 2 is 2.00 bits per heavy atom. The van der Waals surface area contributed by atoms with E-state index in [-0.39, 0.29) is 23.7 Å². The first-order chi connectivity index (χ1) is 10.1. The number of hydrogen-bond acceptors (Lipinski definition) is 2. The summed E-state index contributed by atoms with van der Waals surface area (Å²) in [5.41, 5.74) is -1.62. The summed E-state index contributed by atoms with van der Waals surface area (Å²) in [6.07, 6.45) is -3.69. The molecule has 1 heterocycles. The largest absolute Gasteiger partial charge is 0.418 e. The normalized spacial score (nSPS) is 25.5. The molecule has 1 N–H and O–H groups in total. The van der Waals surface area contributed by atoms with Gasteiger partial charge in [-0.05, 0) is 43.9 Å². The van der Waals surface area contributed by atoms with Gasteiger partial charge in [0.05, 0.1) is 28.1 Å². The van der Waals surface area contributed by atoms with Crippen molar-refractivity contribution in [2.24, 2.45) is 0 Å². The molecule has 0 spiro atoms. The van der Waals surface area contributed by atoms with Crippen molar-refractivity contribution in [1.29, 1.82) is 0 Å². The molecule has 22 heavy (non-hydrogen) atoms. The lowest BCUT2D eigenvalue weighted by Gasteiger charge is -2.41. The van der Waals surface area contributed by atoms with Gasteiger partial charge >= 0.3 is 6.18 Å². The van der Waals surface area contributed by atoms with Crippen molar-refractivity contribution in [3.63, 3.8) is 0 Å². The number of nitrogens with zero attached hydrogens (tertiary/aromatic N) is 2. The number of hydrogen-bond donors (Lipinski definition) is 1. The maximum atomic E-state index is 14.0. The lowest BCUT2D eigenvalue weighted by atomic mass is 9.77. The highest BCUT2D eigenvalue weighted by molar-refractivity contribution is 5.84. The fourth-order valence-corrected chi connectivity index (χ4v) is 3.11. The van der Waals surface area contributed by atoms with E-state index >= 15 is 0 Å². The molecule has 0 unspecified atom stereocenters. The van der Waals surface area contributed by atoms with Crippen LogP contribution in [0, 0.1) is 5.95 Å². The van der Waals surface area contributed by atoms with Crippen LogP contribution in [0.25, 0.3) is 10.9 Å². The summed E-state index contributed by atoms with van der Waals surface area (Å²) in [6.45, 7) is 3.32. The van der Waals surface area contributed by atoms with Gasteiger partial charge < -0.3 is 5.11 Å². The summed E-state index contributed by atoms with van der Waals surface area (Å²) < 4.78 is 55.2. The van der Waals surface area contributed by atoms with E-state index in [9.17, 15) is 22.7 Å². The first-order valence-corrected chi connectivity index (χ1v) is 7.12. The maximum Gasteiger partial charge on any atom is 0.418 e. The van der Waals surface area contributed by atoms with E-state index in [0.29, 0.717) is 12.0 Å². The van der Waals surface area contributed by atoms with Gasteiger partial charge in [0.15, 0.2) is 0 Å². The molecule has 1 saturated carbocycles. The van der Waals surface area contributed by atoms with E-state index in [2.05, 4.69) is 5.10 Å². The van der Waals surface area contributed by atoms with Gasteiger partial charge in [0.2, 0.25) is 5.95 Å². The van der Waals surface area contributed by atoms with Crippen molar-refractivity contribution >= 4 is 10.9 Å². The molecule has 1 aromatic carbocycles. The zero-order chi connectivity index (χ0) is 16.3. The van der Waals surface area contributed by atoms with Gasteiger partial charge in [0, 0.05) is 0 Å². The Bertz CT molecular complexity index is 725. The van der Waals surface area contributed by atoms with E-state index < -0.39 is 29.3 Å². The number of rotatable bonds is 2. The van der Waals surface area contributed by atoms with Crippen LogP contribution < -0.4 is 0 Å². The summed E-state index contributed by atoms with van der Waals surface area (Å²) >= 11 is 0. The molecule has 1 fully saturated rings. The third-order valence-electron chi connectivity index (χ3n) is 4.23. The van der Waals surface area contributed by atoms with Gasteiger partial charge in [0.25, 0.3) is 0 Å². The number of halogens is 4. The Labute approximate surface area is 124 Å². The Hall–Kier alpha value is -1.63. The standard InChI is InChI=1S/C15H16F4N2O/c1-3-8-4-10-12(11(5-8)15(17,18)19)21(20-13(10)16)9-6-14(2,22)7-9/h4-5,9,22H,3,6-7H2,1-2H3. The van der Waals surface area contributed by atoms with Crippen molar-refractivity contribution in [3.05, 3.63) is 29.2 Å². The molecule has 3 rings (SSSR count). The Morgan fingerprint density at radius 1 is 1.36 bits per heavy atom. The van der Waals surface area contributed by atoms with Gasteiger partial charge in [-0.15, -0.1) is 5.10 Å². The smallest absolute Gasteiger partial charge is 0.390 e. The van der Waals surface area contributed by atoms with Crippen molar-refractivity contribution in [2.75, 3.05) is 0 Å². The summed E-state index contributed by atoms with van der Waals surface area (Å²) in [5, 5.41) is 13.3. The molecule has 3 nitrogen and oxygen atoms in total. The van der Waals surface area contributed by atoms with Crippen molar-refractivity contribution in [3.8, 4) is 0 Å². The number of aryl methyl sites for hydroxylation is 1. The SMILES string of the molecule is CCc1cc(C(F)(F)F)c2c(c1)c(F)nn2C1CC(C)(O)C1. The van der Waals surface area contributed by atoms with E-state index in [1.807, 2.05) is 0 Å². The van der Waals surface area contributed by atoms with Crippen LogP contribution in [0.4, 0.5) is 17.6 Å². The summed E-state index contributed by atoms with van der Waals surface area (Å²) in [5.74, 6) is -0.901. The molecule has 0 bridgehead atoms. The van der Waals surface area contributed by atoms with Gasteiger partial charge in [0.1, 0.15) is 0 Å². The number of alkyl halides is 3. The molecule has 0 aliphatic heterocycles. The van der Waals surface area contributed by atoms with Crippen LogP contribution in [-0.2, 0) is 12.6 Å². The van der Waals surface area contributed by atoms with Gasteiger partial charge in [-0.3, -0.25) is 4.68 Å². The molecule has 0 atom stereocenters. The lowest BCUT2D eigenvalue weighted by Crippen LogP contribution is -2.42. The number of benzene rings is 1. The molecular formula is C15H16F4N2O. The van der Waals surface area contributed by atoms with Crippen LogP contribution in [0.2, 0.25) is 0 Å². The monoisotopic (exact) mass is 316 g/mol. The van der Waals surface area contributed by atoms with Crippen LogP contribution in [0.15, 0.2) is 12.1 Å². The second kappa shape index (κ2) is 4.68. The quantitative estimate of drug-likeness (QED) is 0.855. The summed E-state index contributed by atoms with van der Waals surface area (Å²) in [6, 6.07) is 2.05. The second-order valence-electron chi connectivity index (χ2n) is 6.19. The minimum atomic E-state index is -4.58. The molecular weight excluding hydrogens is 300 g/mol. The summed E-state index contributed by atoms with van der Waals surface area (Å²) in [7, 11) is 0. The highest BCUT2D eigenvalue weighted by Gasteiger charge is 2.43. The molecule has 1 aliphatic carbocycles. The predicted molar refractivity (Wildman–Crippen MR) is 73.0 cm³/mol. The third-order valence-corrected chi connectivity index (χ3v) is 4.23. The third kappa shape index (κ3) is 2.37. The zero-order valence-electron chi connectivity index (χ0n) is 12.2. The topological polar surface area (TPSA) is 38.0 Å². The predicted octanol–water partition coefficient (Wildman–Crippen LogP) is 3.84. The molecule has 0 amide bonds. The Balaban J connectivity index is 2.23. The number of aliphatic hydroxyl groups is 1. The van der Waals surface area contributed by atoms with Crippen molar-refractivity contribution in [2.45, 2.75) is 50.9 Å². The van der Waals surface area contributed by atoms with Crippen LogP contribution in [0.3, 0.4) is 0 Å². The van der Waals surface area contributed by atoms with Crippen LogP contribution >= 0.6 is 0 Å². The zero-order valence-corrected chi connectivity index (χ0v) is 12.2. The van der Waals surface area contributed by atoms with Gasteiger partial charge in [-0.2, -0.15) is 17.6 Å². The molecule has 0 saturated heterocycles. The fraction of sp³-hybridized carbons (Fsp3) is 0.533. The Kier molecular flexibility index (Phi) is 3.25. The van der Waals surface area contributed by atoms with E-state index in [1.54, 1.807) is 13.8 Å². The maximum absolute atomic E-state index is 14.0. The molecule has 1 aliphatic rings. The Morgan fingerprint density at radius 3 is 2.50 bits per heavy atom. The van der Waals surface area contributed by atoms with Crippen LogP contribution in [-0.4, -0.2) is 20.5 Å². The molecule has 0 radical (unpaired) electrons. The van der Waals surface area contributed by atoms with Crippen molar-refractivity contribution < 1.29 is 22.7 Å². The van der Waals surface area contributed by atoms with Gasteiger partial charge in [-0.1, -0.05) is 6.92 Å². The summed E-state index contributed by atoms with van der Waals surface area (Å²) in [4.78, 5) is 0. The van der Waals surface area contributed by atoms with E-state index in [0.717, 1.165) is 10.7 Å². The fourth-order valence-electron chi connectivity index (χ4n) is 3.11. The minimum Gasteiger partial charge on any atom is -0.390 e. The van der Waals surface area contributed by atoms with Crippen LogP contribution in [0.5, 0.6) is 0 Å². The molecule has 120 valence electrons. The molecule has 7 heteroatoms. The van der Waals surface area contributed by atoms with Gasteiger partial charge in [-0.25, -0.2) is 0 Å². The lowest BCUT2D eigenvalue weighted by molar-refractivity contribution is -0.136. The first-order valence-electron chi connectivity index (χ1n) is 7.12. The van der Waals surface area contributed by atoms with E-state index in [1.165, 1.54) is 6.07 Å². The minimum absolute atomic E-state index is 0.113. The highest BCUT2D eigenvalue weighted by atomic mass is 19.4. The highest BCUT2D eigenvalue weighted by Crippen LogP contribution is 2.44. The molecule has 1 aromatic heterocycles. The van der Waals surface area contributed by atoms with Crippen molar-refractivity contribution in [1.82, 2.24) is 9.78 Å². The average molecular weight is 316 g/mol. The molecule has 2 aromatic rings. The second-order valence-corrected chi connectivity index (χ2v) is 6.19. The van der Waals surface area contributed by atoms with E-state index in [4.69, 9.17) is 0 Å². The average Bonchev–Trinajstić information content (AvgIpc) is 2.71. The number of aromatic nitrogens is 2. The first kappa shape index (κ1) is 15.3. The number of fused-ring (bicyclic) bond motifs is 1. The van der Waals surface area contributed by atoms with Crippen LogP contribution in [0.1, 0.15) is 43.9 Å².